The van der Waals surface area contributed by atoms with Gasteiger partial charge in [0.25, 0.3) is 6.01 Å². The van der Waals surface area contributed by atoms with Gasteiger partial charge in [-0.05, 0) is 17.5 Å². The maximum absolute atomic E-state index is 12.8. The van der Waals surface area contributed by atoms with Gasteiger partial charge in [-0.3, -0.25) is 0 Å². The lowest BCUT2D eigenvalue weighted by Crippen LogP contribution is -1.69. The monoisotopic (exact) mass is 168 g/mol. The molecule has 0 saturated heterocycles. The van der Waals surface area contributed by atoms with Crippen LogP contribution in [0.4, 0.5) is 4.39 Å². The van der Waals surface area contributed by atoms with Gasteiger partial charge in [-0.15, -0.1) is 11.3 Å². The quantitative estimate of drug-likeness (QED) is 0.637. The molecule has 0 spiro atoms. The van der Waals surface area contributed by atoms with Gasteiger partial charge in [0.1, 0.15) is 0 Å². The van der Waals surface area contributed by atoms with Gasteiger partial charge in [0, 0.05) is 4.88 Å². The molecule has 0 radical (unpaired) electrons. The van der Waals surface area contributed by atoms with Gasteiger partial charge in [-0.1, -0.05) is 6.07 Å². The van der Waals surface area contributed by atoms with Crippen molar-refractivity contribution in [2.75, 3.05) is 0 Å². The second-order valence-electron chi connectivity index (χ2n) is 2.09. The van der Waals surface area contributed by atoms with Crippen molar-refractivity contribution in [2.45, 2.75) is 0 Å². The average Bonchev–Trinajstić information content (AvgIpc) is 2.55. The third-order valence-electron chi connectivity index (χ3n) is 1.40. The van der Waals surface area contributed by atoms with Gasteiger partial charge in [0.2, 0.25) is 0 Å². The van der Waals surface area contributed by atoms with Crippen LogP contribution in [0.15, 0.2) is 34.3 Å². The van der Waals surface area contributed by atoms with E-state index < -0.39 is 6.01 Å². The molecule has 0 aliphatic carbocycles. The molecule has 2 heterocycles. The van der Waals surface area contributed by atoms with Crippen LogP contribution in [-0.4, -0.2) is 0 Å². The predicted octanol–water partition coefficient (Wildman–Crippen LogP) is 3.15. The minimum absolute atomic E-state index is 0.507. The van der Waals surface area contributed by atoms with Gasteiger partial charge in [0.05, 0.1) is 11.8 Å². The zero-order valence-electron chi connectivity index (χ0n) is 5.58. The molecule has 0 aliphatic rings. The Balaban J connectivity index is 2.53. The first-order valence-corrected chi connectivity index (χ1v) is 4.03. The first-order chi connectivity index (χ1) is 5.38. The summed E-state index contributed by atoms with van der Waals surface area (Å²) < 4.78 is 17.3. The van der Waals surface area contributed by atoms with E-state index in [0.717, 1.165) is 4.88 Å². The van der Waals surface area contributed by atoms with Gasteiger partial charge in [-0.25, -0.2) is 0 Å². The van der Waals surface area contributed by atoms with Crippen molar-refractivity contribution in [3.63, 3.8) is 0 Å². The van der Waals surface area contributed by atoms with E-state index >= 15 is 0 Å². The van der Waals surface area contributed by atoms with E-state index in [4.69, 9.17) is 0 Å². The normalized spacial score (nSPS) is 10.3. The van der Waals surface area contributed by atoms with Gasteiger partial charge >= 0.3 is 0 Å². The summed E-state index contributed by atoms with van der Waals surface area (Å²) in [7, 11) is 0. The lowest BCUT2D eigenvalue weighted by atomic mass is 10.3. The van der Waals surface area contributed by atoms with E-state index in [2.05, 4.69) is 4.42 Å². The Morgan fingerprint density at radius 2 is 2.27 bits per heavy atom. The van der Waals surface area contributed by atoms with Gasteiger partial charge < -0.3 is 4.42 Å². The van der Waals surface area contributed by atoms with E-state index in [-0.39, 0.29) is 0 Å². The summed E-state index contributed by atoms with van der Waals surface area (Å²) in [4.78, 5) is 0.899. The molecule has 2 aromatic rings. The lowest BCUT2D eigenvalue weighted by molar-refractivity contribution is 0.361. The van der Waals surface area contributed by atoms with Crippen molar-refractivity contribution in [3.8, 4) is 10.4 Å². The Labute approximate surface area is 67.1 Å². The minimum Gasteiger partial charge on any atom is -0.439 e. The molecule has 56 valence electrons. The predicted molar refractivity (Wildman–Crippen MR) is 42.0 cm³/mol. The second-order valence-corrected chi connectivity index (χ2v) is 3.03. The fourth-order valence-electron chi connectivity index (χ4n) is 0.902. The fraction of sp³-hybridized carbons (Fsp3) is 0. The summed E-state index contributed by atoms with van der Waals surface area (Å²) in [6.45, 7) is 0. The highest BCUT2D eigenvalue weighted by atomic mass is 32.1. The maximum atomic E-state index is 12.8. The van der Waals surface area contributed by atoms with Crippen molar-refractivity contribution in [1.82, 2.24) is 0 Å². The number of halogens is 1. The van der Waals surface area contributed by atoms with Crippen molar-refractivity contribution < 1.29 is 8.81 Å². The summed E-state index contributed by atoms with van der Waals surface area (Å²) in [6.07, 6.45) is 1.35. The largest absolute Gasteiger partial charge is 0.439 e. The molecule has 0 aromatic carbocycles. The molecular weight excluding hydrogens is 163 g/mol. The molecule has 0 N–H and O–H groups in total. The molecule has 0 aliphatic heterocycles. The van der Waals surface area contributed by atoms with Crippen LogP contribution in [-0.2, 0) is 0 Å². The molecular formula is C8H5FOS. The van der Waals surface area contributed by atoms with Gasteiger partial charge in [-0.2, -0.15) is 4.39 Å². The minimum atomic E-state index is -0.507. The third kappa shape index (κ3) is 1.07. The van der Waals surface area contributed by atoms with Crippen LogP contribution in [0.2, 0.25) is 0 Å². The molecule has 0 saturated carbocycles. The van der Waals surface area contributed by atoms with E-state index in [0.29, 0.717) is 5.56 Å². The Hall–Kier alpha value is -1.09. The molecule has 2 aromatic heterocycles. The van der Waals surface area contributed by atoms with Crippen LogP contribution in [0.1, 0.15) is 0 Å². The summed E-state index contributed by atoms with van der Waals surface area (Å²) >= 11 is 1.49. The topological polar surface area (TPSA) is 13.1 Å². The number of furan rings is 1. The van der Waals surface area contributed by atoms with Crippen molar-refractivity contribution >= 4 is 11.3 Å². The molecule has 3 heteroatoms. The highest BCUT2D eigenvalue weighted by Crippen LogP contribution is 2.27. The zero-order valence-corrected chi connectivity index (χ0v) is 6.40. The van der Waals surface area contributed by atoms with Crippen LogP contribution < -0.4 is 0 Å². The smallest absolute Gasteiger partial charge is 0.286 e. The maximum Gasteiger partial charge on any atom is 0.286 e. The Kier molecular flexibility index (Phi) is 1.51. The highest BCUT2D eigenvalue weighted by Gasteiger charge is 2.07. The molecule has 0 unspecified atom stereocenters. The number of rotatable bonds is 1. The van der Waals surface area contributed by atoms with Crippen LogP contribution in [0.5, 0.6) is 0 Å². The van der Waals surface area contributed by atoms with E-state index in [1.54, 1.807) is 6.07 Å². The van der Waals surface area contributed by atoms with Crippen molar-refractivity contribution in [1.29, 1.82) is 0 Å². The molecule has 1 nitrogen and oxygen atoms in total. The molecule has 0 fully saturated rings. The van der Waals surface area contributed by atoms with Crippen LogP contribution in [0.3, 0.4) is 0 Å². The first-order valence-electron chi connectivity index (χ1n) is 3.15. The van der Waals surface area contributed by atoms with Crippen LogP contribution >= 0.6 is 11.3 Å². The molecule has 0 amide bonds. The molecule has 2 rings (SSSR count). The molecule has 0 bridgehead atoms. The zero-order chi connectivity index (χ0) is 7.68. The average molecular weight is 168 g/mol. The van der Waals surface area contributed by atoms with Crippen molar-refractivity contribution in [2.24, 2.45) is 0 Å². The molecule has 11 heavy (non-hydrogen) atoms. The first kappa shape index (κ1) is 6.61. The Morgan fingerprint density at radius 1 is 1.36 bits per heavy atom. The summed E-state index contributed by atoms with van der Waals surface area (Å²) in [5, 5.41) is 1.90. The van der Waals surface area contributed by atoms with Gasteiger partial charge in [0.15, 0.2) is 0 Å². The Bertz CT molecular complexity index is 337. The van der Waals surface area contributed by atoms with E-state index in [1.807, 2.05) is 17.5 Å². The van der Waals surface area contributed by atoms with Crippen LogP contribution in [0, 0.1) is 6.01 Å². The third-order valence-corrected chi connectivity index (χ3v) is 2.31. The van der Waals surface area contributed by atoms with Crippen LogP contribution in [0.25, 0.3) is 10.4 Å². The fourth-order valence-corrected chi connectivity index (χ4v) is 1.64. The van der Waals surface area contributed by atoms with Crippen molar-refractivity contribution in [3.05, 3.63) is 35.9 Å². The SMILES string of the molecule is Fc1occc1-c1cccs1. The molecule has 0 atom stereocenters. The van der Waals surface area contributed by atoms with E-state index in [9.17, 15) is 4.39 Å². The van der Waals surface area contributed by atoms with E-state index in [1.165, 1.54) is 17.6 Å². The number of hydrogen-bond donors (Lipinski definition) is 0. The summed E-state index contributed by atoms with van der Waals surface area (Å²) in [5.41, 5.74) is 0.542. The summed E-state index contributed by atoms with van der Waals surface area (Å²) in [5.74, 6) is 0. The standard InChI is InChI=1S/C8H5FOS/c9-8-6(3-4-10-8)7-2-1-5-11-7/h1-5H. The second kappa shape index (κ2) is 2.51. The summed E-state index contributed by atoms with van der Waals surface area (Å²) in [6, 6.07) is 4.86. The Morgan fingerprint density at radius 3 is 2.82 bits per heavy atom. The lowest BCUT2D eigenvalue weighted by Gasteiger charge is -1.87. The number of thiophene rings is 1. The highest BCUT2D eigenvalue weighted by molar-refractivity contribution is 7.13. The number of hydrogen-bond acceptors (Lipinski definition) is 2.